The van der Waals surface area contributed by atoms with E-state index in [1.165, 1.54) is 25.7 Å². The molecule has 170 valence electrons. The van der Waals surface area contributed by atoms with E-state index in [2.05, 4.69) is 20.3 Å². The molecule has 0 unspecified atom stereocenters. The van der Waals surface area contributed by atoms with Gasteiger partial charge in [0.05, 0.1) is 4.90 Å². The van der Waals surface area contributed by atoms with Gasteiger partial charge in [0, 0.05) is 39.9 Å². The van der Waals surface area contributed by atoms with E-state index in [0.717, 1.165) is 37.3 Å². The Balaban J connectivity index is 1.81. The van der Waals surface area contributed by atoms with Crippen LogP contribution in [0.15, 0.2) is 28.1 Å². The molecule has 1 aromatic carbocycles. The number of rotatable bonds is 11. The normalized spacial score (nSPS) is 16.6. The monoisotopic (exact) mass is 438 g/mol. The molecule has 1 aliphatic rings. The molecule has 0 heterocycles. The van der Waals surface area contributed by atoms with Gasteiger partial charge in [-0.15, -0.1) is 0 Å². The number of benzene rings is 1. The van der Waals surface area contributed by atoms with Crippen molar-refractivity contribution in [2.24, 2.45) is 10.4 Å². The minimum absolute atomic E-state index is 0.261. The fourth-order valence-corrected chi connectivity index (χ4v) is 5.37. The summed E-state index contributed by atoms with van der Waals surface area (Å²) >= 11 is 0. The number of sulfonamides is 1. The van der Waals surface area contributed by atoms with E-state index in [1.54, 1.807) is 13.1 Å². The van der Waals surface area contributed by atoms with Crippen molar-refractivity contribution in [2.75, 3.05) is 39.9 Å². The maximum absolute atomic E-state index is 12.6. The zero-order chi connectivity index (χ0) is 22.0. The predicted octanol–water partition coefficient (Wildman–Crippen LogP) is 2.73. The molecule has 0 spiro atoms. The summed E-state index contributed by atoms with van der Waals surface area (Å²) < 4.78 is 33.4. The van der Waals surface area contributed by atoms with Crippen LogP contribution in [0.25, 0.3) is 0 Å². The first-order valence-corrected chi connectivity index (χ1v) is 12.4. The second-order valence-electron chi connectivity index (χ2n) is 8.17. The van der Waals surface area contributed by atoms with Gasteiger partial charge in [0.1, 0.15) is 0 Å². The summed E-state index contributed by atoms with van der Waals surface area (Å²) in [7, 11) is -1.80. The number of aryl methyl sites for hydroxylation is 2. The van der Waals surface area contributed by atoms with Crippen LogP contribution in [0.2, 0.25) is 0 Å². The number of guanidine groups is 1. The molecule has 7 nitrogen and oxygen atoms in total. The third kappa shape index (κ3) is 7.25. The third-order valence-electron chi connectivity index (χ3n) is 5.84. The average Bonchev–Trinajstić information content (AvgIpc) is 3.18. The van der Waals surface area contributed by atoms with Gasteiger partial charge in [-0.3, -0.25) is 4.99 Å². The molecule has 0 atom stereocenters. The van der Waals surface area contributed by atoms with E-state index in [1.807, 2.05) is 32.9 Å². The molecule has 0 radical (unpaired) electrons. The van der Waals surface area contributed by atoms with Gasteiger partial charge < -0.3 is 15.4 Å². The van der Waals surface area contributed by atoms with E-state index in [4.69, 9.17) is 4.74 Å². The Kier molecular flexibility index (Phi) is 9.58. The van der Waals surface area contributed by atoms with E-state index < -0.39 is 10.0 Å². The standard InChI is InChI=1S/C22H38N4O3S/c1-5-29-15-12-22(10-6-7-11-22)17-25-21(23-4)24-13-14-26-30(27,28)20-16-18(2)8-9-19(20)3/h8-9,16,26H,5-7,10-15,17H2,1-4H3,(H2,23,24,25). The Hall–Kier alpha value is -1.64. The molecule has 1 aliphatic carbocycles. The SMILES string of the molecule is CCOCCC1(CNC(=NC)NCCNS(=O)(=O)c2cc(C)ccc2C)CCCC1. The van der Waals surface area contributed by atoms with Crippen LogP contribution in [0, 0.1) is 19.3 Å². The van der Waals surface area contributed by atoms with Crippen molar-refractivity contribution in [3.63, 3.8) is 0 Å². The fraction of sp³-hybridized carbons (Fsp3) is 0.682. The molecule has 0 amide bonds. The first-order chi connectivity index (χ1) is 14.3. The van der Waals surface area contributed by atoms with Crippen LogP contribution in [0.1, 0.15) is 50.2 Å². The zero-order valence-corrected chi connectivity index (χ0v) is 19.7. The van der Waals surface area contributed by atoms with Crippen LogP contribution >= 0.6 is 0 Å². The van der Waals surface area contributed by atoms with Gasteiger partial charge in [-0.05, 0) is 62.6 Å². The molecular weight excluding hydrogens is 400 g/mol. The van der Waals surface area contributed by atoms with Gasteiger partial charge in [-0.2, -0.15) is 0 Å². The predicted molar refractivity (Wildman–Crippen MR) is 122 cm³/mol. The van der Waals surface area contributed by atoms with Crippen LogP contribution in [0.4, 0.5) is 0 Å². The first kappa shape index (κ1) is 24.6. The van der Waals surface area contributed by atoms with Gasteiger partial charge in [0.2, 0.25) is 10.0 Å². The Morgan fingerprint density at radius 3 is 2.57 bits per heavy atom. The van der Waals surface area contributed by atoms with Crippen molar-refractivity contribution < 1.29 is 13.2 Å². The average molecular weight is 439 g/mol. The second-order valence-corrected chi connectivity index (χ2v) is 9.91. The lowest BCUT2D eigenvalue weighted by Gasteiger charge is -2.30. The Morgan fingerprint density at radius 2 is 1.90 bits per heavy atom. The van der Waals surface area contributed by atoms with Crippen molar-refractivity contribution in [3.05, 3.63) is 29.3 Å². The molecule has 2 rings (SSSR count). The van der Waals surface area contributed by atoms with Gasteiger partial charge in [0.15, 0.2) is 5.96 Å². The number of nitrogens with one attached hydrogen (secondary N) is 3. The highest BCUT2D eigenvalue weighted by molar-refractivity contribution is 7.89. The quantitative estimate of drug-likeness (QED) is 0.281. The highest BCUT2D eigenvalue weighted by Crippen LogP contribution is 2.40. The van der Waals surface area contributed by atoms with Crippen molar-refractivity contribution >= 4 is 16.0 Å². The van der Waals surface area contributed by atoms with Crippen LogP contribution in [-0.2, 0) is 14.8 Å². The van der Waals surface area contributed by atoms with Crippen molar-refractivity contribution in [2.45, 2.75) is 57.8 Å². The lowest BCUT2D eigenvalue weighted by atomic mass is 9.83. The maximum Gasteiger partial charge on any atom is 0.240 e. The highest BCUT2D eigenvalue weighted by atomic mass is 32.2. The number of aliphatic imine (C=N–C) groups is 1. The molecule has 0 aromatic heterocycles. The van der Waals surface area contributed by atoms with E-state index in [-0.39, 0.29) is 12.0 Å². The summed E-state index contributed by atoms with van der Waals surface area (Å²) in [6.07, 6.45) is 6.00. The molecule has 1 fully saturated rings. The molecule has 0 aliphatic heterocycles. The summed E-state index contributed by atoms with van der Waals surface area (Å²) in [5.41, 5.74) is 1.93. The zero-order valence-electron chi connectivity index (χ0n) is 18.9. The molecular formula is C22H38N4O3S. The van der Waals surface area contributed by atoms with E-state index in [0.29, 0.717) is 17.4 Å². The summed E-state index contributed by atoms with van der Waals surface area (Å²) in [4.78, 5) is 4.62. The van der Waals surface area contributed by atoms with Gasteiger partial charge in [-0.1, -0.05) is 25.0 Å². The van der Waals surface area contributed by atoms with Crippen LogP contribution < -0.4 is 15.4 Å². The summed E-state index contributed by atoms with van der Waals surface area (Å²) in [6.45, 7) is 8.87. The number of hydrogen-bond donors (Lipinski definition) is 3. The number of ether oxygens (including phenoxy) is 1. The molecule has 0 bridgehead atoms. The van der Waals surface area contributed by atoms with Gasteiger partial charge >= 0.3 is 0 Å². The van der Waals surface area contributed by atoms with Crippen molar-refractivity contribution in [1.82, 2.24) is 15.4 Å². The fourth-order valence-electron chi connectivity index (χ4n) is 4.01. The summed E-state index contributed by atoms with van der Waals surface area (Å²) in [5.74, 6) is 0.698. The summed E-state index contributed by atoms with van der Waals surface area (Å²) in [6, 6.07) is 5.45. The molecule has 30 heavy (non-hydrogen) atoms. The second kappa shape index (κ2) is 11.7. The van der Waals surface area contributed by atoms with Crippen molar-refractivity contribution in [1.29, 1.82) is 0 Å². The largest absolute Gasteiger partial charge is 0.382 e. The Labute approximate surface area is 182 Å². The lowest BCUT2D eigenvalue weighted by molar-refractivity contribution is 0.105. The first-order valence-electron chi connectivity index (χ1n) is 10.9. The van der Waals surface area contributed by atoms with Crippen LogP contribution in [-0.4, -0.2) is 54.3 Å². The summed E-state index contributed by atoms with van der Waals surface area (Å²) in [5, 5.41) is 6.64. The molecule has 3 N–H and O–H groups in total. The molecule has 1 aromatic rings. The third-order valence-corrected chi connectivity index (χ3v) is 7.45. The molecule has 1 saturated carbocycles. The van der Waals surface area contributed by atoms with E-state index >= 15 is 0 Å². The van der Waals surface area contributed by atoms with Crippen LogP contribution in [0.5, 0.6) is 0 Å². The van der Waals surface area contributed by atoms with Crippen molar-refractivity contribution in [3.8, 4) is 0 Å². The molecule has 8 heteroatoms. The smallest absolute Gasteiger partial charge is 0.240 e. The lowest BCUT2D eigenvalue weighted by Crippen LogP contribution is -2.45. The number of nitrogens with zero attached hydrogens (tertiary/aromatic N) is 1. The molecule has 0 saturated heterocycles. The van der Waals surface area contributed by atoms with Crippen LogP contribution in [0.3, 0.4) is 0 Å². The minimum atomic E-state index is -3.53. The van der Waals surface area contributed by atoms with Gasteiger partial charge in [0.25, 0.3) is 0 Å². The van der Waals surface area contributed by atoms with E-state index in [9.17, 15) is 8.42 Å². The highest BCUT2D eigenvalue weighted by Gasteiger charge is 2.33. The Morgan fingerprint density at radius 1 is 1.17 bits per heavy atom. The Bertz CT molecular complexity index is 803. The minimum Gasteiger partial charge on any atom is -0.382 e. The number of hydrogen-bond acceptors (Lipinski definition) is 4. The maximum atomic E-state index is 12.6. The van der Waals surface area contributed by atoms with Gasteiger partial charge in [-0.25, -0.2) is 13.1 Å². The topological polar surface area (TPSA) is 91.8 Å².